The molecule has 7 nitrogen and oxygen atoms in total. The van der Waals surface area contributed by atoms with Gasteiger partial charge in [0.05, 0.1) is 41.3 Å². The molecule has 0 aromatic heterocycles. The van der Waals surface area contributed by atoms with Gasteiger partial charge < -0.3 is 10.1 Å². The summed E-state index contributed by atoms with van der Waals surface area (Å²) in [5.74, 6) is -1.12. The van der Waals surface area contributed by atoms with Crippen molar-refractivity contribution in [1.29, 1.82) is 0 Å². The average molecular weight is 446 g/mol. The van der Waals surface area contributed by atoms with Crippen molar-refractivity contribution < 1.29 is 35.9 Å². The minimum absolute atomic E-state index is 0.0245. The maximum atomic E-state index is 13.1. The Balaban J connectivity index is 2.08. The number of allylic oxidation sites excluding steroid dienone is 1. The molecule has 1 aromatic rings. The fourth-order valence-corrected chi connectivity index (χ4v) is 5.49. The lowest BCUT2D eigenvalue weighted by atomic mass is 9.93. The number of nitrogens with zero attached hydrogens (tertiary/aromatic N) is 1. The van der Waals surface area contributed by atoms with Gasteiger partial charge in [-0.1, -0.05) is 12.1 Å². The molecule has 2 amide bonds. The second-order valence-electron chi connectivity index (χ2n) is 7.15. The van der Waals surface area contributed by atoms with Crippen molar-refractivity contribution in [1.82, 2.24) is 10.2 Å². The van der Waals surface area contributed by atoms with Crippen LogP contribution in [0, 0.1) is 0 Å². The quantitative estimate of drug-likeness (QED) is 0.718. The van der Waals surface area contributed by atoms with Crippen LogP contribution >= 0.6 is 0 Å². The van der Waals surface area contributed by atoms with Gasteiger partial charge in [0.25, 0.3) is 0 Å². The van der Waals surface area contributed by atoms with Crippen molar-refractivity contribution >= 4 is 21.8 Å². The zero-order valence-corrected chi connectivity index (χ0v) is 17.1. The monoisotopic (exact) mass is 446 g/mol. The largest absolute Gasteiger partial charge is 0.463 e. The van der Waals surface area contributed by atoms with Gasteiger partial charge in [0.15, 0.2) is 9.84 Å². The number of hydrogen-bond donors (Lipinski definition) is 1. The molecule has 2 atom stereocenters. The van der Waals surface area contributed by atoms with Crippen LogP contribution in [-0.4, -0.2) is 49.5 Å². The summed E-state index contributed by atoms with van der Waals surface area (Å²) >= 11 is 0. The number of benzene rings is 1. The van der Waals surface area contributed by atoms with Gasteiger partial charge in [0.2, 0.25) is 0 Å². The Morgan fingerprint density at radius 1 is 1.33 bits per heavy atom. The number of rotatable bonds is 4. The molecule has 0 bridgehead atoms. The van der Waals surface area contributed by atoms with Gasteiger partial charge in [-0.25, -0.2) is 18.0 Å². The number of carbonyl (C=O) groups is 2. The van der Waals surface area contributed by atoms with Crippen LogP contribution < -0.4 is 5.32 Å². The molecule has 1 aromatic carbocycles. The number of nitrogens with one attached hydrogen (secondary N) is 1. The lowest BCUT2D eigenvalue weighted by Crippen LogP contribution is -2.52. The Morgan fingerprint density at radius 3 is 2.60 bits per heavy atom. The van der Waals surface area contributed by atoms with Gasteiger partial charge in [0, 0.05) is 5.70 Å². The Bertz CT molecular complexity index is 1000. The Kier molecular flexibility index (Phi) is 5.85. The maximum absolute atomic E-state index is 13.1. The van der Waals surface area contributed by atoms with Crippen molar-refractivity contribution in [3.05, 3.63) is 46.7 Å². The molecule has 2 aliphatic rings. The van der Waals surface area contributed by atoms with Crippen LogP contribution in [0.2, 0.25) is 0 Å². The first-order valence-corrected chi connectivity index (χ1v) is 11.1. The van der Waals surface area contributed by atoms with Crippen LogP contribution in [0.25, 0.3) is 0 Å². The molecule has 0 aliphatic carbocycles. The van der Waals surface area contributed by atoms with E-state index in [0.29, 0.717) is 0 Å². The molecule has 0 unspecified atom stereocenters. The third-order valence-electron chi connectivity index (χ3n) is 5.14. The molecule has 0 radical (unpaired) electrons. The average Bonchev–Trinajstić information content (AvgIpc) is 3.00. The van der Waals surface area contributed by atoms with E-state index in [1.807, 2.05) is 0 Å². The molecule has 2 heterocycles. The van der Waals surface area contributed by atoms with Gasteiger partial charge in [0.1, 0.15) is 0 Å². The Morgan fingerprint density at radius 2 is 2.03 bits per heavy atom. The summed E-state index contributed by atoms with van der Waals surface area (Å²) < 4.78 is 68.2. The van der Waals surface area contributed by atoms with E-state index in [4.69, 9.17) is 4.74 Å². The van der Waals surface area contributed by atoms with Gasteiger partial charge in [-0.2, -0.15) is 13.2 Å². The summed E-state index contributed by atoms with van der Waals surface area (Å²) in [7, 11) is -3.31. The van der Waals surface area contributed by atoms with Crippen molar-refractivity contribution in [2.75, 3.05) is 18.1 Å². The topological polar surface area (TPSA) is 92.8 Å². The number of esters is 1. The highest BCUT2D eigenvalue weighted by atomic mass is 32.2. The fourth-order valence-electron chi connectivity index (χ4n) is 3.79. The number of carbonyl (C=O) groups excluding carboxylic acids is 2. The third kappa shape index (κ3) is 4.30. The molecule has 0 saturated carbocycles. The molecule has 1 N–H and O–H groups in total. The highest BCUT2D eigenvalue weighted by Gasteiger charge is 2.43. The second kappa shape index (κ2) is 7.93. The van der Waals surface area contributed by atoms with Crippen molar-refractivity contribution in [2.24, 2.45) is 0 Å². The predicted octanol–water partition coefficient (Wildman–Crippen LogP) is 2.80. The minimum Gasteiger partial charge on any atom is -0.463 e. The van der Waals surface area contributed by atoms with Crippen LogP contribution in [0.5, 0.6) is 0 Å². The van der Waals surface area contributed by atoms with Gasteiger partial charge >= 0.3 is 18.2 Å². The number of hydrogen-bond acceptors (Lipinski definition) is 5. The van der Waals surface area contributed by atoms with Gasteiger partial charge in [-0.3, -0.25) is 4.90 Å². The Hall–Kier alpha value is -2.56. The summed E-state index contributed by atoms with van der Waals surface area (Å²) in [4.78, 5) is 26.7. The smallest absolute Gasteiger partial charge is 0.416 e. The number of sulfone groups is 1. The molecule has 30 heavy (non-hydrogen) atoms. The molecule has 3 rings (SSSR count). The zero-order valence-electron chi connectivity index (χ0n) is 16.3. The van der Waals surface area contributed by atoms with Crippen molar-refractivity contribution in [2.45, 2.75) is 38.5 Å². The number of halogens is 3. The van der Waals surface area contributed by atoms with Crippen molar-refractivity contribution in [3.63, 3.8) is 0 Å². The molecule has 164 valence electrons. The summed E-state index contributed by atoms with van der Waals surface area (Å²) in [6, 6.07) is 1.83. The van der Waals surface area contributed by atoms with Crippen LogP contribution in [0.3, 0.4) is 0 Å². The number of urea groups is 1. The van der Waals surface area contributed by atoms with E-state index in [1.54, 1.807) is 6.92 Å². The zero-order chi connectivity index (χ0) is 22.3. The van der Waals surface area contributed by atoms with E-state index in [2.05, 4.69) is 5.32 Å². The SMILES string of the molecule is CCOC(=O)C1=C(C)N([C@H]2CCS(=O)(=O)C2)C(=O)N[C@H]1c1cccc(C(F)(F)F)c1. The number of amides is 2. The van der Waals surface area contributed by atoms with Crippen molar-refractivity contribution in [3.8, 4) is 0 Å². The maximum Gasteiger partial charge on any atom is 0.416 e. The summed E-state index contributed by atoms with van der Waals surface area (Å²) in [6.45, 7) is 3.07. The van der Waals surface area contributed by atoms with E-state index in [1.165, 1.54) is 24.0 Å². The number of alkyl halides is 3. The summed E-state index contributed by atoms with van der Waals surface area (Å²) in [6.07, 6.45) is -4.39. The van der Waals surface area contributed by atoms with E-state index >= 15 is 0 Å². The second-order valence-corrected chi connectivity index (χ2v) is 9.38. The molecule has 2 aliphatic heterocycles. The molecular weight excluding hydrogens is 425 g/mol. The lowest BCUT2D eigenvalue weighted by molar-refractivity contribution is -0.139. The molecule has 11 heteroatoms. The van der Waals surface area contributed by atoms with E-state index in [-0.39, 0.29) is 41.4 Å². The summed E-state index contributed by atoms with van der Waals surface area (Å²) in [5, 5.41) is 2.55. The Labute approximate surface area is 171 Å². The first-order valence-electron chi connectivity index (χ1n) is 9.30. The van der Waals surface area contributed by atoms with E-state index in [0.717, 1.165) is 12.1 Å². The molecular formula is C19H21F3N2O5S. The van der Waals surface area contributed by atoms with Gasteiger partial charge in [-0.05, 0) is 38.0 Å². The van der Waals surface area contributed by atoms with Crippen LogP contribution in [0.15, 0.2) is 35.5 Å². The first kappa shape index (κ1) is 22.1. The standard InChI is InChI=1S/C19H21F3N2O5S/c1-3-29-17(25)15-11(2)24(14-7-8-30(27,28)10-14)18(26)23-16(15)12-5-4-6-13(9-12)19(20,21)22/h4-6,9,14,16H,3,7-8,10H2,1-2H3,(H,23,26)/t14-,16-/m0/s1. The summed E-state index contributed by atoms with van der Waals surface area (Å²) in [5.41, 5.74) is -0.708. The predicted molar refractivity (Wildman–Crippen MR) is 101 cm³/mol. The lowest BCUT2D eigenvalue weighted by Gasteiger charge is -2.38. The van der Waals surface area contributed by atoms with Gasteiger partial charge in [-0.15, -0.1) is 0 Å². The number of ether oxygens (including phenoxy) is 1. The molecule has 1 saturated heterocycles. The molecule has 1 fully saturated rings. The highest BCUT2D eigenvalue weighted by Crippen LogP contribution is 2.37. The first-order chi connectivity index (χ1) is 13.9. The van der Waals surface area contributed by atoms with Crippen LogP contribution in [-0.2, 0) is 25.5 Å². The van der Waals surface area contributed by atoms with Crippen LogP contribution in [0.4, 0.5) is 18.0 Å². The third-order valence-corrected chi connectivity index (χ3v) is 6.89. The van der Waals surface area contributed by atoms with E-state index in [9.17, 15) is 31.2 Å². The normalized spacial score (nSPS) is 24.0. The minimum atomic E-state index is -4.60. The molecule has 0 spiro atoms. The fraction of sp³-hybridized carbons (Fsp3) is 0.474. The van der Waals surface area contributed by atoms with Crippen LogP contribution in [0.1, 0.15) is 37.4 Å². The highest BCUT2D eigenvalue weighted by molar-refractivity contribution is 7.91. The van der Waals surface area contributed by atoms with E-state index < -0.39 is 45.7 Å².